The van der Waals surface area contributed by atoms with Crippen LogP contribution in [0.25, 0.3) is 0 Å². The molecule has 6 N–H and O–H groups in total. The van der Waals surface area contributed by atoms with Gasteiger partial charge in [-0.25, -0.2) is 0 Å². The summed E-state index contributed by atoms with van der Waals surface area (Å²) in [6.45, 7) is 0.151. The van der Waals surface area contributed by atoms with Crippen LogP contribution in [0.2, 0.25) is 0 Å². The van der Waals surface area contributed by atoms with Gasteiger partial charge in [-0.1, -0.05) is 0 Å². The van der Waals surface area contributed by atoms with Crippen molar-refractivity contribution in [3.8, 4) is 0 Å². The van der Waals surface area contributed by atoms with Gasteiger partial charge in [0.1, 0.15) is 0 Å². The first-order valence-electron chi connectivity index (χ1n) is 4.24. The predicted octanol–water partition coefficient (Wildman–Crippen LogP) is -3.23. The molecule has 0 aromatic heterocycles. The lowest BCUT2D eigenvalue weighted by atomic mass is 10.1. The zero-order valence-electron chi connectivity index (χ0n) is 7.83. The molecule has 0 bridgehead atoms. The van der Waals surface area contributed by atoms with E-state index < -0.39 is 30.6 Å². The molecule has 0 amide bonds. The van der Waals surface area contributed by atoms with Crippen LogP contribution in [0, 0.1) is 0 Å². The number of hydrogen-bond acceptors (Lipinski definition) is 8. The summed E-state index contributed by atoms with van der Waals surface area (Å²) in [6.07, 6.45) is -1.69. The molecule has 0 radical (unpaired) electrons. The summed E-state index contributed by atoms with van der Waals surface area (Å²) in [4.78, 5) is 0. The van der Waals surface area contributed by atoms with Gasteiger partial charge in [-0.2, -0.15) is 0 Å². The molecule has 0 spiro atoms. The Morgan fingerprint density at radius 2 is 1.13 bits per heavy atom. The molecular weight excluding hydrogens is 212 g/mol. The quantitative estimate of drug-likeness (QED) is 0.275. The number of rotatable bonds is 4. The summed E-state index contributed by atoms with van der Waals surface area (Å²) in [5.41, 5.74) is 0. The van der Waals surface area contributed by atoms with Gasteiger partial charge in [0.2, 0.25) is 0 Å². The van der Waals surface area contributed by atoms with Crippen molar-refractivity contribution in [2.45, 2.75) is 30.6 Å². The van der Waals surface area contributed by atoms with Gasteiger partial charge in [0.05, 0.1) is 26.1 Å². The van der Waals surface area contributed by atoms with Gasteiger partial charge in [0.15, 0.2) is 5.79 Å². The molecule has 1 aliphatic rings. The van der Waals surface area contributed by atoms with Gasteiger partial charge in [-0.15, -0.1) is 0 Å². The lowest BCUT2D eigenvalue weighted by Gasteiger charge is -2.33. The fraction of sp³-hybridized carbons (Fsp3) is 1.00. The predicted molar refractivity (Wildman–Crippen MR) is 42.6 cm³/mol. The van der Waals surface area contributed by atoms with Gasteiger partial charge in [-0.05, 0) is 0 Å². The first kappa shape index (κ1) is 12.7. The Balaban J connectivity index is 2.71. The van der Waals surface area contributed by atoms with E-state index in [1.807, 2.05) is 0 Å². The second-order valence-electron chi connectivity index (χ2n) is 3.51. The van der Waals surface area contributed by atoms with Crippen molar-refractivity contribution < 1.29 is 40.1 Å². The van der Waals surface area contributed by atoms with E-state index in [0.717, 1.165) is 0 Å². The Bertz CT molecular complexity index is 190. The average molecular weight is 226 g/mol. The van der Waals surface area contributed by atoms with Crippen molar-refractivity contribution >= 4 is 0 Å². The number of hydrogen-bond donors (Lipinski definition) is 6. The second-order valence-corrected chi connectivity index (χ2v) is 3.51. The molecule has 0 atom stereocenters. The molecule has 0 aromatic carbocycles. The van der Waals surface area contributed by atoms with Gasteiger partial charge >= 0.3 is 0 Å². The van der Waals surface area contributed by atoms with Crippen molar-refractivity contribution in [1.29, 1.82) is 0 Å². The van der Waals surface area contributed by atoms with Crippen molar-refractivity contribution in [2.75, 3.05) is 13.2 Å². The van der Waals surface area contributed by atoms with Crippen LogP contribution in [0.5, 0.6) is 0 Å². The summed E-state index contributed by atoms with van der Waals surface area (Å²) in [5.74, 6) is -8.01. The first-order valence-corrected chi connectivity index (χ1v) is 4.24. The first-order chi connectivity index (χ1) is 6.62. The molecule has 0 saturated carbocycles. The van der Waals surface area contributed by atoms with Gasteiger partial charge in [0.25, 0.3) is 11.9 Å². The number of aliphatic hydroxyl groups is 6. The van der Waals surface area contributed by atoms with Crippen LogP contribution in [0.4, 0.5) is 0 Å². The minimum atomic E-state index is -3.09. The van der Waals surface area contributed by atoms with E-state index in [2.05, 4.69) is 0 Å². The Hall–Kier alpha value is -0.320. The number of ether oxygens (including phenoxy) is 2. The topological polar surface area (TPSA) is 140 Å². The summed E-state index contributed by atoms with van der Waals surface area (Å²) in [5, 5.41) is 52.5. The molecule has 90 valence electrons. The smallest absolute Gasteiger partial charge is 0.280 e. The minimum absolute atomic E-state index is 0.0756. The normalized spacial score (nSPS) is 22.0. The molecule has 15 heavy (non-hydrogen) atoms. The van der Waals surface area contributed by atoms with Crippen molar-refractivity contribution in [1.82, 2.24) is 0 Å². The molecule has 1 fully saturated rings. The molecule has 0 aromatic rings. The van der Waals surface area contributed by atoms with Crippen molar-refractivity contribution in [3.63, 3.8) is 0 Å². The van der Waals surface area contributed by atoms with E-state index in [-0.39, 0.29) is 13.2 Å². The van der Waals surface area contributed by atoms with Gasteiger partial charge < -0.3 is 40.1 Å². The van der Waals surface area contributed by atoms with Gasteiger partial charge in [0, 0.05) is 0 Å². The lowest BCUT2D eigenvalue weighted by molar-refractivity contribution is -0.385. The monoisotopic (exact) mass is 226 g/mol. The van der Waals surface area contributed by atoms with Crippen LogP contribution in [0.15, 0.2) is 0 Å². The minimum Gasteiger partial charge on any atom is -0.347 e. The van der Waals surface area contributed by atoms with E-state index in [1.165, 1.54) is 0 Å². The van der Waals surface area contributed by atoms with Crippen LogP contribution < -0.4 is 0 Å². The Morgan fingerprint density at radius 1 is 0.800 bits per heavy atom. The zero-order chi connectivity index (χ0) is 11.7. The highest BCUT2D eigenvalue weighted by Crippen LogP contribution is 2.33. The maximum Gasteiger partial charge on any atom is 0.280 e. The van der Waals surface area contributed by atoms with Crippen LogP contribution in [-0.4, -0.2) is 61.6 Å². The molecule has 1 heterocycles. The van der Waals surface area contributed by atoms with Gasteiger partial charge in [-0.3, -0.25) is 0 Å². The molecule has 8 nitrogen and oxygen atoms in total. The van der Waals surface area contributed by atoms with E-state index in [9.17, 15) is 0 Å². The van der Waals surface area contributed by atoms with Crippen LogP contribution >= 0.6 is 0 Å². The molecule has 1 aliphatic heterocycles. The SMILES string of the molecule is OC(O)(O)CC1(CC(O)(O)O)OCCO1. The molecular formula is C7H14O8. The summed E-state index contributed by atoms with van der Waals surface area (Å²) < 4.78 is 9.82. The molecule has 8 heteroatoms. The summed E-state index contributed by atoms with van der Waals surface area (Å²) in [6, 6.07) is 0. The van der Waals surface area contributed by atoms with Crippen LogP contribution in [0.3, 0.4) is 0 Å². The third-order valence-electron chi connectivity index (χ3n) is 1.83. The molecule has 0 aliphatic carbocycles. The second kappa shape index (κ2) is 3.92. The lowest BCUT2D eigenvalue weighted by Crippen LogP contribution is -2.48. The Labute approximate surface area is 84.9 Å². The zero-order valence-corrected chi connectivity index (χ0v) is 7.83. The largest absolute Gasteiger partial charge is 0.347 e. The average Bonchev–Trinajstić information content (AvgIpc) is 2.27. The van der Waals surface area contributed by atoms with E-state index >= 15 is 0 Å². The Kier molecular flexibility index (Phi) is 3.33. The maximum atomic E-state index is 8.75. The highest BCUT2D eigenvalue weighted by Gasteiger charge is 2.48. The van der Waals surface area contributed by atoms with E-state index in [1.54, 1.807) is 0 Å². The third kappa shape index (κ3) is 4.36. The van der Waals surface area contributed by atoms with Crippen molar-refractivity contribution in [2.24, 2.45) is 0 Å². The molecule has 1 rings (SSSR count). The van der Waals surface area contributed by atoms with E-state index in [0.29, 0.717) is 0 Å². The van der Waals surface area contributed by atoms with Crippen LogP contribution in [-0.2, 0) is 9.47 Å². The third-order valence-corrected chi connectivity index (χ3v) is 1.83. The van der Waals surface area contributed by atoms with E-state index in [4.69, 9.17) is 40.1 Å². The highest BCUT2D eigenvalue weighted by molar-refractivity contribution is 4.79. The fourth-order valence-electron chi connectivity index (χ4n) is 1.49. The molecule has 1 saturated heterocycles. The van der Waals surface area contributed by atoms with Crippen LogP contribution in [0.1, 0.15) is 12.8 Å². The Morgan fingerprint density at radius 3 is 1.40 bits per heavy atom. The standard InChI is InChI=1S/C7H14O8/c8-6(9,10)3-5(4-7(11,12)13)14-1-2-15-5/h8-13H,1-4H2. The molecule has 0 unspecified atom stereocenters. The van der Waals surface area contributed by atoms with Crippen molar-refractivity contribution in [3.05, 3.63) is 0 Å². The summed E-state index contributed by atoms with van der Waals surface area (Å²) >= 11 is 0. The highest BCUT2D eigenvalue weighted by atomic mass is 16.8. The fourth-order valence-corrected chi connectivity index (χ4v) is 1.49. The summed E-state index contributed by atoms with van der Waals surface area (Å²) in [7, 11) is 0. The maximum absolute atomic E-state index is 8.75.